The van der Waals surface area contributed by atoms with Crippen LogP contribution in [0, 0.1) is 5.92 Å². The quantitative estimate of drug-likeness (QED) is 0.666. The smallest absolute Gasteiger partial charge is 0.0406 e. The lowest BCUT2D eigenvalue weighted by atomic mass is 10.1. The molecule has 0 radical (unpaired) electrons. The van der Waals surface area contributed by atoms with Gasteiger partial charge in [0, 0.05) is 5.02 Å². The van der Waals surface area contributed by atoms with Gasteiger partial charge in [-0.05, 0) is 36.5 Å². The minimum Gasteiger partial charge on any atom is -0.0843 e. The van der Waals surface area contributed by atoms with Gasteiger partial charge in [-0.15, -0.1) is 0 Å². The molecule has 1 heteroatoms. The summed E-state index contributed by atoms with van der Waals surface area (Å²) in [5, 5.41) is 0.838. The van der Waals surface area contributed by atoms with Gasteiger partial charge in [-0.2, -0.15) is 0 Å². The molecule has 0 nitrogen and oxygen atoms in total. The summed E-state index contributed by atoms with van der Waals surface area (Å²) in [5.41, 5.74) is 1.42. The summed E-state index contributed by atoms with van der Waals surface area (Å²) >= 11 is 5.79. The molecular weight excluding hydrogens is 168 g/mol. The van der Waals surface area contributed by atoms with E-state index in [1.807, 2.05) is 12.1 Å². The van der Waals surface area contributed by atoms with Crippen molar-refractivity contribution in [3.8, 4) is 0 Å². The maximum absolute atomic E-state index is 5.79. The van der Waals surface area contributed by atoms with Gasteiger partial charge in [-0.25, -0.2) is 0 Å². The van der Waals surface area contributed by atoms with E-state index in [9.17, 15) is 0 Å². The second-order valence-electron chi connectivity index (χ2n) is 3.61. The van der Waals surface area contributed by atoms with Crippen molar-refractivity contribution >= 4 is 11.6 Å². The Bertz CT molecular complexity index is 246. The van der Waals surface area contributed by atoms with E-state index in [4.69, 9.17) is 11.6 Å². The number of hydrogen-bond acceptors (Lipinski definition) is 0. The standard InChI is InChI=1S/C11H13Cl/c12-11-7-5-10(6-8-11)4-3-9-1-2-9/h5-9H,1-4H2. The zero-order valence-corrected chi connectivity index (χ0v) is 7.85. The molecule has 1 aliphatic rings. The van der Waals surface area contributed by atoms with E-state index >= 15 is 0 Å². The second-order valence-corrected chi connectivity index (χ2v) is 4.04. The molecule has 1 aliphatic carbocycles. The molecule has 0 atom stereocenters. The van der Waals surface area contributed by atoms with E-state index in [1.165, 1.54) is 31.2 Å². The zero-order chi connectivity index (χ0) is 8.39. The molecule has 0 aliphatic heterocycles. The highest BCUT2D eigenvalue weighted by Gasteiger charge is 2.20. The van der Waals surface area contributed by atoms with Crippen molar-refractivity contribution in [3.63, 3.8) is 0 Å². The minimum absolute atomic E-state index is 0.838. The van der Waals surface area contributed by atoms with E-state index < -0.39 is 0 Å². The molecule has 1 aromatic rings. The summed E-state index contributed by atoms with van der Waals surface area (Å²) in [6, 6.07) is 8.21. The lowest BCUT2D eigenvalue weighted by Gasteiger charge is -1.99. The van der Waals surface area contributed by atoms with Gasteiger partial charge < -0.3 is 0 Å². The van der Waals surface area contributed by atoms with Gasteiger partial charge >= 0.3 is 0 Å². The maximum atomic E-state index is 5.79. The van der Waals surface area contributed by atoms with Crippen LogP contribution in [0.25, 0.3) is 0 Å². The van der Waals surface area contributed by atoms with E-state index in [-0.39, 0.29) is 0 Å². The van der Waals surface area contributed by atoms with Crippen LogP contribution in [0.1, 0.15) is 24.8 Å². The summed E-state index contributed by atoms with van der Waals surface area (Å²) in [4.78, 5) is 0. The Hall–Kier alpha value is -0.490. The monoisotopic (exact) mass is 180 g/mol. The van der Waals surface area contributed by atoms with Gasteiger partial charge in [0.25, 0.3) is 0 Å². The van der Waals surface area contributed by atoms with Gasteiger partial charge in [-0.3, -0.25) is 0 Å². The van der Waals surface area contributed by atoms with Crippen LogP contribution in [0.4, 0.5) is 0 Å². The van der Waals surface area contributed by atoms with Crippen molar-refractivity contribution in [3.05, 3.63) is 34.9 Å². The first-order valence-electron chi connectivity index (χ1n) is 4.59. The third-order valence-corrected chi connectivity index (χ3v) is 2.70. The van der Waals surface area contributed by atoms with Crippen LogP contribution >= 0.6 is 11.6 Å². The fourth-order valence-electron chi connectivity index (χ4n) is 1.43. The van der Waals surface area contributed by atoms with Crippen LogP contribution in [-0.2, 0) is 6.42 Å². The molecule has 0 spiro atoms. The van der Waals surface area contributed by atoms with Crippen LogP contribution < -0.4 is 0 Å². The largest absolute Gasteiger partial charge is 0.0843 e. The Morgan fingerprint density at radius 1 is 1.17 bits per heavy atom. The molecule has 64 valence electrons. The average Bonchev–Trinajstić information content (AvgIpc) is 2.87. The molecule has 0 aromatic heterocycles. The van der Waals surface area contributed by atoms with Crippen molar-refractivity contribution in [2.45, 2.75) is 25.7 Å². The molecule has 1 aromatic carbocycles. The Kier molecular flexibility index (Phi) is 2.36. The van der Waals surface area contributed by atoms with Crippen molar-refractivity contribution in [2.24, 2.45) is 5.92 Å². The minimum atomic E-state index is 0.838. The number of benzene rings is 1. The van der Waals surface area contributed by atoms with Gasteiger partial charge in [0.2, 0.25) is 0 Å². The Labute approximate surface area is 78.6 Å². The second kappa shape index (κ2) is 3.49. The van der Waals surface area contributed by atoms with Crippen molar-refractivity contribution in [1.29, 1.82) is 0 Å². The van der Waals surface area contributed by atoms with Gasteiger partial charge in [-0.1, -0.05) is 36.6 Å². The maximum Gasteiger partial charge on any atom is 0.0406 e. The topological polar surface area (TPSA) is 0 Å². The SMILES string of the molecule is Clc1ccc(CCC2CC2)cc1. The summed E-state index contributed by atoms with van der Waals surface area (Å²) in [7, 11) is 0. The van der Waals surface area contributed by atoms with E-state index in [0.29, 0.717) is 0 Å². The summed E-state index contributed by atoms with van der Waals surface area (Å²) in [6.07, 6.45) is 5.49. The molecule has 1 saturated carbocycles. The predicted octanol–water partition coefficient (Wildman–Crippen LogP) is 3.68. The Balaban J connectivity index is 1.89. The summed E-state index contributed by atoms with van der Waals surface area (Å²) in [6.45, 7) is 0. The highest BCUT2D eigenvalue weighted by Crippen LogP contribution is 2.33. The Morgan fingerprint density at radius 3 is 2.42 bits per heavy atom. The van der Waals surface area contributed by atoms with E-state index in [1.54, 1.807) is 0 Å². The third-order valence-electron chi connectivity index (χ3n) is 2.45. The highest BCUT2D eigenvalue weighted by molar-refractivity contribution is 6.30. The van der Waals surface area contributed by atoms with Crippen LogP contribution in [0.5, 0.6) is 0 Å². The molecule has 0 amide bonds. The predicted molar refractivity (Wildman–Crippen MR) is 52.5 cm³/mol. The van der Waals surface area contributed by atoms with Crippen LogP contribution in [0.2, 0.25) is 5.02 Å². The van der Waals surface area contributed by atoms with Gasteiger partial charge in [0.05, 0.1) is 0 Å². The van der Waals surface area contributed by atoms with Gasteiger partial charge in [0.15, 0.2) is 0 Å². The molecular formula is C11H13Cl. The van der Waals surface area contributed by atoms with Crippen LogP contribution in [0.15, 0.2) is 24.3 Å². The summed E-state index contributed by atoms with van der Waals surface area (Å²) < 4.78 is 0. The molecule has 0 saturated heterocycles. The first-order valence-corrected chi connectivity index (χ1v) is 4.97. The number of rotatable bonds is 3. The molecule has 1 fully saturated rings. The third kappa shape index (κ3) is 2.25. The number of aryl methyl sites for hydroxylation is 1. The number of hydrogen-bond donors (Lipinski definition) is 0. The first kappa shape index (κ1) is 8.12. The first-order chi connectivity index (χ1) is 5.84. The fraction of sp³-hybridized carbons (Fsp3) is 0.455. The lowest BCUT2D eigenvalue weighted by molar-refractivity contribution is 0.727. The van der Waals surface area contributed by atoms with Crippen LogP contribution in [0.3, 0.4) is 0 Å². The van der Waals surface area contributed by atoms with Crippen LogP contribution in [-0.4, -0.2) is 0 Å². The lowest BCUT2D eigenvalue weighted by Crippen LogP contribution is -1.85. The highest BCUT2D eigenvalue weighted by atomic mass is 35.5. The summed E-state index contributed by atoms with van der Waals surface area (Å²) in [5.74, 6) is 1.03. The Morgan fingerprint density at radius 2 is 1.83 bits per heavy atom. The zero-order valence-electron chi connectivity index (χ0n) is 7.09. The molecule has 12 heavy (non-hydrogen) atoms. The van der Waals surface area contributed by atoms with E-state index in [0.717, 1.165) is 10.9 Å². The van der Waals surface area contributed by atoms with Crippen molar-refractivity contribution in [2.75, 3.05) is 0 Å². The van der Waals surface area contributed by atoms with Crippen molar-refractivity contribution in [1.82, 2.24) is 0 Å². The van der Waals surface area contributed by atoms with E-state index in [2.05, 4.69) is 12.1 Å². The molecule has 0 unspecified atom stereocenters. The van der Waals surface area contributed by atoms with Crippen molar-refractivity contribution < 1.29 is 0 Å². The molecule has 2 rings (SSSR count). The van der Waals surface area contributed by atoms with Gasteiger partial charge in [0.1, 0.15) is 0 Å². The molecule has 0 N–H and O–H groups in total. The molecule has 0 bridgehead atoms. The average molecular weight is 181 g/mol. The fourth-order valence-corrected chi connectivity index (χ4v) is 1.55. The number of halogens is 1. The normalized spacial score (nSPS) is 16.4. The molecule has 0 heterocycles.